The van der Waals surface area contributed by atoms with Gasteiger partial charge in [0.1, 0.15) is 11.5 Å². The highest BCUT2D eigenvalue weighted by molar-refractivity contribution is 7.99. The molecule has 2 aromatic carbocycles. The average molecular weight is 456 g/mol. The number of rotatable bonds is 7. The van der Waals surface area contributed by atoms with Crippen molar-refractivity contribution in [2.75, 3.05) is 31.4 Å². The third kappa shape index (κ3) is 4.52. The number of methoxy groups -OCH3 is 2. The van der Waals surface area contributed by atoms with E-state index in [4.69, 9.17) is 13.9 Å². The second-order valence-corrected chi connectivity index (χ2v) is 7.91. The Morgan fingerprint density at radius 2 is 1.94 bits per heavy atom. The van der Waals surface area contributed by atoms with Gasteiger partial charge < -0.3 is 18.8 Å². The summed E-state index contributed by atoms with van der Waals surface area (Å²) in [7, 11) is 3.10. The van der Waals surface area contributed by atoms with E-state index in [0.717, 1.165) is 23.7 Å². The van der Waals surface area contributed by atoms with Crippen molar-refractivity contribution in [2.24, 2.45) is 0 Å². The molecule has 32 heavy (non-hydrogen) atoms. The van der Waals surface area contributed by atoms with Crippen LogP contribution in [0.25, 0.3) is 11.5 Å². The maximum atomic E-state index is 12.8. The molecule has 0 spiro atoms. The second-order valence-electron chi connectivity index (χ2n) is 6.98. The Labute approximate surface area is 187 Å². The maximum Gasteiger partial charge on any atom is 0.277 e. The predicted molar refractivity (Wildman–Crippen MR) is 117 cm³/mol. The molecule has 1 aliphatic rings. The van der Waals surface area contributed by atoms with Gasteiger partial charge in [0.25, 0.3) is 10.9 Å². The molecular formula is C21H20N4O6S. The zero-order valence-electron chi connectivity index (χ0n) is 17.4. The molecule has 11 heteroatoms. The van der Waals surface area contributed by atoms with Gasteiger partial charge in [0.15, 0.2) is 0 Å². The topological polar surface area (TPSA) is 121 Å². The van der Waals surface area contributed by atoms with E-state index in [-0.39, 0.29) is 28.5 Å². The Bertz CT molecular complexity index is 1140. The molecule has 0 bridgehead atoms. The standard InChI is InChI=1S/C21H20N4O6S/c1-29-16-9-14(10-17(11-16)30-2)20-22-23-21(31-20)32-12-19(26)24-7-3-4-13-8-15(25(27)28)5-6-18(13)24/h5-6,8-11H,3-4,7,12H2,1-2H3. The fourth-order valence-corrected chi connectivity index (χ4v) is 4.11. The third-order valence-corrected chi connectivity index (χ3v) is 5.82. The molecule has 4 rings (SSSR count). The van der Waals surface area contributed by atoms with Gasteiger partial charge in [0.05, 0.1) is 24.9 Å². The third-order valence-electron chi connectivity index (χ3n) is 5.02. The van der Waals surface area contributed by atoms with Crippen molar-refractivity contribution in [1.29, 1.82) is 0 Å². The molecule has 1 aliphatic heterocycles. The van der Waals surface area contributed by atoms with Crippen LogP contribution in [-0.4, -0.2) is 47.5 Å². The lowest BCUT2D eigenvalue weighted by atomic mass is 10.0. The fraction of sp³-hybridized carbons (Fsp3) is 0.286. The molecule has 0 aliphatic carbocycles. The summed E-state index contributed by atoms with van der Waals surface area (Å²) in [6, 6.07) is 9.83. The minimum atomic E-state index is -0.429. The number of nitrogens with zero attached hydrogens (tertiary/aromatic N) is 4. The summed E-state index contributed by atoms with van der Waals surface area (Å²) in [6.45, 7) is 0.558. The Hall–Kier alpha value is -3.60. The smallest absolute Gasteiger partial charge is 0.277 e. The number of fused-ring (bicyclic) bond motifs is 1. The summed E-state index contributed by atoms with van der Waals surface area (Å²) in [5, 5.41) is 19.3. The van der Waals surface area contributed by atoms with Gasteiger partial charge in [-0.2, -0.15) is 0 Å². The molecule has 0 N–H and O–H groups in total. The first-order valence-electron chi connectivity index (χ1n) is 9.76. The number of ether oxygens (including phenoxy) is 2. The summed E-state index contributed by atoms with van der Waals surface area (Å²) >= 11 is 1.14. The van der Waals surface area contributed by atoms with Crippen LogP contribution in [-0.2, 0) is 11.2 Å². The Kier molecular flexibility index (Phi) is 6.26. The monoisotopic (exact) mass is 456 g/mol. The normalized spacial score (nSPS) is 12.9. The Balaban J connectivity index is 1.45. The number of thioether (sulfide) groups is 1. The first kappa shape index (κ1) is 21.6. The summed E-state index contributed by atoms with van der Waals surface area (Å²) in [5.74, 6) is 1.43. The first-order chi connectivity index (χ1) is 15.5. The average Bonchev–Trinajstić information content (AvgIpc) is 3.30. The van der Waals surface area contributed by atoms with Crippen molar-refractivity contribution in [3.05, 3.63) is 52.1 Å². The van der Waals surface area contributed by atoms with Crippen LogP contribution in [0.3, 0.4) is 0 Å². The quantitative estimate of drug-likeness (QED) is 0.297. The SMILES string of the molecule is COc1cc(OC)cc(-c2nnc(SCC(=O)N3CCCc4cc([N+](=O)[O-])ccc43)o2)c1. The number of benzene rings is 2. The van der Waals surface area contributed by atoms with Crippen LogP contribution in [0.4, 0.5) is 11.4 Å². The van der Waals surface area contributed by atoms with Crippen LogP contribution in [0.2, 0.25) is 0 Å². The predicted octanol–water partition coefficient (Wildman–Crippen LogP) is 3.73. The van der Waals surface area contributed by atoms with Gasteiger partial charge in [-0.25, -0.2) is 0 Å². The van der Waals surface area contributed by atoms with E-state index in [2.05, 4.69) is 10.2 Å². The lowest BCUT2D eigenvalue weighted by molar-refractivity contribution is -0.384. The van der Waals surface area contributed by atoms with Crippen molar-refractivity contribution in [2.45, 2.75) is 18.1 Å². The Morgan fingerprint density at radius 1 is 1.19 bits per heavy atom. The van der Waals surface area contributed by atoms with E-state index in [9.17, 15) is 14.9 Å². The molecule has 2 heterocycles. The van der Waals surface area contributed by atoms with Gasteiger partial charge in [0.2, 0.25) is 11.8 Å². The summed E-state index contributed by atoms with van der Waals surface area (Å²) < 4.78 is 16.2. The summed E-state index contributed by atoms with van der Waals surface area (Å²) in [4.78, 5) is 25.1. The largest absolute Gasteiger partial charge is 0.497 e. The van der Waals surface area contributed by atoms with Crippen molar-refractivity contribution in [1.82, 2.24) is 10.2 Å². The van der Waals surface area contributed by atoms with Gasteiger partial charge in [-0.05, 0) is 36.6 Å². The van der Waals surface area contributed by atoms with Crippen LogP contribution in [0.1, 0.15) is 12.0 Å². The van der Waals surface area contributed by atoms with Gasteiger partial charge in [0, 0.05) is 36.0 Å². The molecule has 0 saturated heterocycles. The molecule has 1 amide bonds. The van der Waals surface area contributed by atoms with Crippen molar-refractivity contribution in [3.8, 4) is 23.0 Å². The van der Waals surface area contributed by atoms with Gasteiger partial charge in [-0.3, -0.25) is 14.9 Å². The second kappa shape index (κ2) is 9.27. The van der Waals surface area contributed by atoms with Crippen LogP contribution < -0.4 is 14.4 Å². The van der Waals surface area contributed by atoms with Gasteiger partial charge in [-0.1, -0.05) is 11.8 Å². The number of amides is 1. The molecule has 1 aromatic heterocycles. The van der Waals surface area contributed by atoms with Crippen LogP contribution in [0.15, 0.2) is 46.0 Å². The van der Waals surface area contributed by atoms with E-state index in [1.165, 1.54) is 12.1 Å². The summed E-state index contributed by atoms with van der Waals surface area (Å²) in [6.07, 6.45) is 1.44. The molecule has 0 saturated carbocycles. The number of nitro benzene ring substituents is 1. The van der Waals surface area contributed by atoms with Crippen molar-refractivity contribution < 1.29 is 23.6 Å². The molecular weight excluding hydrogens is 436 g/mol. The van der Waals surface area contributed by atoms with E-state index >= 15 is 0 Å². The minimum Gasteiger partial charge on any atom is -0.497 e. The number of carbonyl (C=O) groups excluding carboxylic acids is 1. The number of hydrogen-bond donors (Lipinski definition) is 0. The molecule has 0 radical (unpaired) electrons. The number of hydrogen-bond acceptors (Lipinski definition) is 9. The van der Waals surface area contributed by atoms with E-state index in [1.54, 1.807) is 43.4 Å². The number of anilines is 1. The first-order valence-corrected chi connectivity index (χ1v) is 10.7. The van der Waals surface area contributed by atoms with E-state index in [0.29, 0.717) is 35.7 Å². The number of non-ortho nitro benzene ring substituents is 1. The molecule has 10 nitrogen and oxygen atoms in total. The highest BCUT2D eigenvalue weighted by Gasteiger charge is 2.25. The molecule has 0 atom stereocenters. The van der Waals surface area contributed by atoms with Crippen LogP contribution in [0.5, 0.6) is 11.5 Å². The number of aryl methyl sites for hydroxylation is 1. The van der Waals surface area contributed by atoms with E-state index in [1.807, 2.05) is 0 Å². The van der Waals surface area contributed by atoms with Crippen molar-refractivity contribution in [3.63, 3.8) is 0 Å². The molecule has 0 fully saturated rings. The highest BCUT2D eigenvalue weighted by atomic mass is 32.2. The lowest BCUT2D eigenvalue weighted by Crippen LogP contribution is -2.36. The van der Waals surface area contributed by atoms with E-state index < -0.39 is 4.92 Å². The molecule has 166 valence electrons. The highest BCUT2D eigenvalue weighted by Crippen LogP contribution is 2.33. The zero-order chi connectivity index (χ0) is 22.7. The maximum absolute atomic E-state index is 12.8. The van der Waals surface area contributed by atoms with Crippen LogP contribution in [0, 0.1) is 10.1 Å². The molecule has 0 unspecified atom stereocenters. The number of aromatic nitrogens is 2. The van der Waals surface area contributed by atoms with Crippen molar-refractivity contribution >= 4 is 29.0 Å². The zero-order valence-corrected chi connectivity index (χ0v) is 18.3. The molecule has 3 aromatic rings. The number of nitro groups is 1. The lowest BCUT2D eigenvalue weighted by Gasteiger charge is -2.29. The number of carbonyl (C=O) groups is 1. The van der Waals surface area contributed by atoms with Gasteiger partial charge >= 0.3 is 0 Å². The van der Waals surface area contributed by atoms with Gasteiger partial charge in [-0.15, -0.1) is 10.2 Å². The fourth-order valence-electron chi connectivity index (χ4n) is 3.47. The Morgan fingerprint density at radius 3 is 2.62 bits per heavy atom. The van der Waals surface area contributed by atoms with Crippen LogP contribution >= 0.6 is 11.8 Å². The minimum absolute atomic E-state index is 0.0278. The summed E-state index contributed by atoms with van der Waals surface area (Å²) in [5.41, 5.74) is 2.18.